The molecule has 22 heavy (non-hydrogen) atoms. The summed E-state index contributed by atoms with van der Waals surface area (Å²) in [6, 6.07) is 29.3. The van der Waals surface area contributed by atoms with E-state index in [4.69, 9.17) is 0 Å². The summed E-state index contributed by atoms with van der Waals surface area (Å²) >= 11 is -3.91. The van der Waals surface area contributed by atoms with E-state index in [1.54, 1.807) is 0 Å². The van der Waals surface area contributed by atoms with E-state index >= 15 is 0 Å². The summed E-state index contributed by atoms with van der Waals surface area (Å²) in [4.78, 5) is 0. The van der Waals surface area contributed by atoms with E-state index in [1.165, 1.54) is 21.5 Å². The maximum Gasteiger partial charge on any atom is -0.0809 e. The molecule has 0 aliphatic carbocycles. The standard InChI is InChI=1S/2C9H7.CH2.2FH.Hf/c2*1-2-5-9-7-3-6-8(9)4-1;;;;/h2*1-7H;1H2;2*1H;/q2*-1;;;;+2/p-2. The van der Waals surface area contributed by atoms with Gasteiger partial charge < -0.3 is 0 Å². The first-order valence-corrected chi connectivity index (χ1v) is 12.1. The molecule has 0 aliphatic heterocycles. The van der Waals surface area contributed by atoms with Gasteiger partial charge in [-0.25, -0.2) is 0 Å². The summed E-state index contributed by atoms with van der Waals surface area (Å²) < 4.78 is 23.4. The van der Waals surface area contributed by atoms with Crippen LogP contribution in [0.2, 0.25) is 0 Å². The van der Waals surface area contributed by atoms with Gasteiger partial charge in [0, 0.05) is 0 Å². The Kier molecular flexibility index (Phi) is 6.53. The Morgan fingerprint density at radius 3 is 1.41 bits per heavy atom. The third kappa shape index (κ3) is 5.23. The van der Waals surface area contributed by atoms with Gasteiger partial charge in [0.05, 0.1) is 0 Å². The van der Waals surface area contributed by atoms with Crippen LogP contribution in [0.4, 0.5) is 5.33 Å². The molecule has 0 N–H and O–H groups in total. The zero-order valence-electron chi connectivity index (χ0n) is 12.0. The molecule has 0 aliphatic rings. The molecule has 3 heteroatoms. The molecular formula is C19H16F2Hf-2. The fourth-order valence-corrected chi connectivity index (χ4v) is 2.14. The number of rotatable bonds is 0. The molecule has 0 saturated heterocycles. The van der Waals surface area contributed by atoms with Gasteiger partial charge in [0.25, 0.3) is 0 Å². The number of fused-ring (bicyclic) bond motifs is 2. The first-order chi connectivity index (χ1) is 10.7. The van der Waals surface area contributed by atoms with Gasteiger partial charge in [-0.15, -0.1) is 59.3 Å². The molecule has 0 bridgehead atoms. The molecule has 0 aromatic heterocycles. The van der Waals surface area contributed by atoms with Crippen LogP contribution in [0.5, 0.6) is 0 Å². The smallest absolute Gasteiger partial charge is 0.0809 e. The van der Waals surface area contributed by atoms with Crippen molar-refractivity contribution in [2.45, 2.75) is 0 Å². The van der Waals surface area contributed by atoms with Crippen LogP contribution in [0.15, 0.2) is 84.9 Å². The van der Waals surface area contributed by atoms with Crippen molar-refractivity contribution in [2.75, 3.05) is 0 Å². The van der Waals surface area contributed by atoms with Crippen molar-refractivity contribution in [1.29, 1.82) is 0 Å². The Morgan fingerprint density at radius 2 is 1.05 bits per heavy atom. The van der Waals surface area contributed by atoms with Gasteiger partial charge in [-0.3, -0.25) is 0 Å². The third-order valence-corrected chi connectivity index (χ3v) is 3.10. The van der Waals surface area contributed by atoms with Crippen LogP contribution in [0, 0.1) is 0 Å². The van der Waals surface area contributed by atoms with E-state index in [-0.39, 0.29) is 0 Å². The van der Waals surface area contributed by atoms with Gasteiger partial charge in [0.15, 0.2) is 0 Å². The molecule has 0 nitrogen and oxygen atoms in total. The number of hydrogen-bond acceptors (Lipinski definition) is 0. The van der Waals surface area contributed by atoms with E-state index in [2.05, 4.69) is 89.2 Å². The van der Waals surface area contributed by atoms with Gasteiger partial charge in [0.2, 0.25) is 0 Å². The number of hydrogen-bond donors (Lipinski definition) is 0. The van der Waals surface area contributed by atoms with Gasteiger partial charge >= 0.3 is 31.8 Å². The summed E-state index contributed by atoms with van der Waals surface area (Å²) in [7, 11) is 0. The summed E-state index contributed by atoms with van der Waals surface area (Å²) in [6.45, 7) is 0. The molecular weight excluding hydrogens is 445 g/mol. The van der Waals surface area contributed by atoms with Gasteiger partial charge in [-0.2, -0.15) is 35.0 Å². The molecule has 112 valence electrons. The Bertz CT molecular complexity index is 712. The fourth-order valence-electron chi connectivity index (χ4n) is 2.14. The van der Waals surface area contributed by atoms with Crippen molar-refractivity contribution >= 4 is 25.8 Å². The summed E-state index contributed by atoms with van der Waals surface area (Å²) in [6.07, 6.45) is 0. The maximum atomic E-state index is 10.4. The molecule has 0 amide bonds. The zero-order valence-corrected chi connectivity index (χ0v) is 15.6. The van der Waals surface area contributed by atoms with Crippen LogP contribution in [-0.4, -0.2) is 4.26 Å². The Balaban J connectivity index is 0.000000131. The molecule has 4 rings (SSSR count). The Hall–Kier alpha value is -1.74. The van der Waals surface area contributed by atoms with Crippen LogP contribution in [0.3, 0.4) is 0 Å². The Morgan fingerprint density at radius 1 is 0.682 bits per heavy atom. The molecule has 0 atom stereocenters. The van der Waals surface area contributed by atoms with Gasteiger partial charge in [0.1, 0.15) is 0 Å². The Labute approximate surface area is 138 Å². The minimum Gasteiger partial charge on any atom is -0.168 e. The van der Waals surface area contributed by atoms with Crippen molar-refractivity contribution in [3.63, 3.8) is 0 Å². The quantitative estimate of drug-likeness (QED) is 0.226. The predicted molar refractivity (Wildman–Crippen MR) is 88.4 cm³/mol. The summed E-state index contributed by atoms with van der Waals surface area (Å²) in [5.74, 6) is 0. The first kappa shape index (κ1) is 16.6. The topological polar surface area (TPSA) is 0 Å². The SMILES string of the molecule is [CH2]=[Hf]([F])[F].c1ccc2[cH-]ccc2c1.c1ccc2[cH-]ccc2c1. The predicted octanol–water partition coefficient (Wildman–Crippen LogP) is 5.92. The molecule has 0 spiro atoms. The summed E-state index contributed by atoms with van der Waals surface area (Å²) in [5, 5.41) is 5.32. The largest absolute Gasteiger partial charge is 0.168 e. The van der Waals surface area contributed by atoms with Crippen molar-refractivity contribution in [3.05, 3.63) is 84.9 Å². The van der Waals surface area contributed by atoms with E-state index in [0.29, 0.717) is 0 Å². The van der Waals surface area contributed by atoms with Gasteiger partial charge in [-0.05, 0) is 0 Å². The number of benzene rings is 2. The van der Waals surface area contributed by atoms with Crippen molar-refractivity contribution in [2.24, 2.45) is 0 Å². The molecule has 4 aromatic rings. The molecule has 0 fully saturated rings. The molecule has 0 unspecified atom stereocenters. The van der Waals surface area contributed by atoms with Crippen molar-refractivity contribution in [1.82, 2.24) is 0 Å². The van der Waals surface area contributed by atoms with Crippen LogP contribution in [0.25, 0.3) is 21.5 Å². The van der Waals surface area contributed by atoms with Crippen LogP contribution < -0.4 is 0 Å². The molecule has 4 aromatic carbocycles. The normalized spacial score (nSPS) is 9.55. The first-order valence-electron chi connectivity index (χ1n) is 6.87. The van der Waals surface area contributed by atoms with Crippen LogP contribution in [-0.2, 0) is 22.2 Å². The number of halogens is 2. The monoisotopic (exact) mass is 462 g/mol. The van der Waals surface area contributed by atoms with Crippen LogP contribution >= 0.6 is 0 Å². The van der Waals surface area contributed by atoms with E-state index in [9.17, 15) is 5.33 Å². The average molecular weight is 461 g/mol. The molecule has 0 saturated carbocycles. The fraction of sp³-hybridized carbons (Fsp3) is 0. The second-order valence-corrected chi connectivity index (χ2v) is 7.08. The van der Waals surface area contributed by atoms with Crippen LogP contribution in [0.1, 0.15) is 0 Å². The summed E-state index contributed by atoms with van der Waals surface area (Å²) in [5.41, 5.74) is 0. The third-order valence-electron chi connectivity index (χ3n) is 3.10. The minimum absolute atomic E-state index is 1.33. The minimum atomic E-state index is -3.91. The average Bonchev–Trinajstić information content (AvgIpc) is 3.16. The maximum absolute atomic E-state index is 10.4. The second kappa shape index (κ2) is 8.64. The van der Waals surface area contributed by atoms with E-state index < -0.39 is 22.2 Å². The second-order valence-electron chi connectivity index (χ2n) is 4.65. The van der Waals surface area contributed by atoms with E-state index in [1.807, 2.05) is 0 Å². The molecule has 0 radical (unpaired) electrons. The molecule has 0 heterocycles. The van der Waals surface area contributed by atoms with Crippen molar-refractivity contribution < 1.29 is 27.5 Å². The van der Waals surface area contributed by atoms with Gasteiger partial charge in [-0.1, -0.05) is 12.1 Å². The van der Waals surface area contributed by atoms with Crippen molar-refractivity contribution in [3.8, 4) is 0 Å². The van der Waals surface area contributed by atoms with E-state index in [0.717, 1.165) is 0 Å². The zero-order chi connectivity index (χ0) is 15.8.